The van der Waals surface area contributed by atoms with E-state index in [2.05, 4.69) is 6.58 Å². The molecule has 1 heterocycles. The zero-order chi connectivity index (χ0) is 23.8. The van der Waals surface area contributed by atoms with E-state index in [1.807, 2.05) is 13.8 Å². The maximum absolute atomic E-state index is 14.0. The van der Waals surface area contributed by atoms with Crippen molar-refractivity contribution in [2.45, 2.75) is 68.9 Å². The zero-order valence-corrected chi connectivity index (χ0v) is 20.2. The van der Waals surface area contributed by atoms with Gasteiger partial charge in [-0.15, -0.1) is 23.2 Å². The van der Waals surface area contributed by atoms with Gasteiger partial charge in [0.2, 0.25) is 0 Å². The quantitative estimate of drug-likeness (QED) is 0.430. The number of alkyl halides is 2. The molecule has 0 aromatic heterocycles. The van der Waals surface area contributed by atoms with Crippen LogP contribution in [0.5, 0.6) is 11.5 Å². The highest BCUT2D eigenvalue weighted by Gasteiger charge is 2.60. The van der Waals surface area contributed by atoms with Gasteiger partial charge in [-0.3, -0.25) is 9.59 Å². The standard InChI is InChI=1S/C25H28Cl2O5/c1-12-6-7-18(26)23(2,3)16(12)11-25-15(10-19(27)24(4,5)32-25)21(30)20-14(22(25)31)8-13(28)9-17(20)29/h8-10,16,18-19,28-29H,1,6-7,11H2,2-5H3/t16?,18?,19-,25+/m0/s1. The minimum atomic E-state index is -1.63. The number of ether oxygens (including phenoxy) is 1. The Balaban J connectivity index is 1.95. The van der Waals surface area contributed by atoms with Crippen molar-refractivity contribution in [1.82, 2.24) is 0 Å². The van der Waals surface area contributed by atoms with Gasteiger partial charge < -0.3 is 14.9 Å². The Morgan fingerprint density at radius 3 is 2.47 bits per heavy atom. The number of carbonyl (C=O) groups excluding carboxylic acids is 2. The summed E-state index contributed by atoms with van der Waals surface area (Å²) in [5.74, 6) is -1.97. The Morgan fingerprint density at radius 2 is 1.81 bits per heavy atom. The van der Waals surface area contributed by atoms with Crippen LogP contribution in [0.3, 0.4) is 0 Å². The molecular formula is C25H28Cl2O5. The second-order valence-electron chi connectivity index (χ2n) is 10.3. The van der Waals surface area contributed by atoms with Crippen molar-refractivity contribution in [3.05, 3.63) is 47.1 Å². The first-order chi connectivity index (χ1) is 14.7. The first kappa shape index (κ1) is 23.3. The van der Waals surface area contributed by atoms with E-state index in [0.29, 0.717) is 0 Å². The number of phenols is 2. The number of Topliss-reactive ketones (excluding diaryl/α,β-unsaturated/α-hetero) is 2. The molecule has 0 saturated heterocycles. The van der Waals surface area contributed by atoms with Crippen molar-refractivity contribution in [3.8, 4) is 11.5 Å². The number of carbonyl (C=O) groups is 2. The number of phenolic OH excluding ortho intramolecular Hbond substituents is 2. The monoisotopic (exact) mass is 478 g/mol. The third-order valence-corrected chi connectivity index (χ3v) is 8.88. The lowest BCUT2D eigenvalue weighted by Crippen LogP contribution is -2.60. The molecule has 0 amide bonds. The number of rotatable bonds is 2. The van der Waals surface area contributed by atoms with Crippen molar-refractivity contribution in [1.29, 1.82) is 0 Å². The summed E-state index contributed by atoms with van der Waals surface area (Å²) in [6.45, 7) is 11.9. The molecule has 172 valence electrons. The van der Waals surface area contributed by atoms with Crippen LogP contribution in [-0.4, -0.2) is 43.7 Å². The third-order valence-electron chi connectivity index (χ3n) is 7.44. The fraction of sp³-hybridized carbons (Fsp3) is 0.520. The SMILES string of the molecule is C=C1CCC(Cl)C(C)(C)C1C[C@@]12OC(C)(C)[C@@H](Cl)C=C1C(=O)c1c(O)cc(O)cc1C2=O. The fourth-order valence-corrected chi connectivity index (χ4v) is 5.83. The molecule has 1 fully saturated rings. The minimum absolute atomic E-state index is 0.0601. The van der Waals surface area contributed by atoms with Crippen molar-refractivity contribution in [3.63, 3.8) is 0 Å². The molecule has 5 nitrogen and oxygen atoms in total. The van der Waals surface area contributed by atoms with Crippen LogP contribution in [0.15, 0.2) is 35.9 Å². The number of ketones is 2. The number of fused-ring (bicyclic) bond motifs is 2. The van der Waals surface area contributed by atoms with E-state index in [4.69, 9.17) is 27.9 Å². The van der Waals surface area contributed by atoms with Crippen molar-refractivity contribution in [2.24, 2.45) is 11.3 Å². The van der Waals surface area contributed by atoms with Crippen LogP contribution in [0, 0.1) is 11.3 Å². The summed E-state index contributed by atoms with van der Waals surface area (Å²) in [6.07, 6.45) is 3.25. The van der Waals surface area contributed by atoms with E-state index in [1.165, 1.54) is 6.07 Å². The highest BCUT2D eigenvalue weighted by Crippen LogP contribution is 2.55. The number of hydrogen-bond acceptors (Lipinski definition) is 5. The smallest absolute Gasteiger partial charge is 0.200 e. The lowest BCUT2D eigenvalue weighted by Gasteiger charge is -2.52. The number of halogens is 2. The summed E-state index contributed by atoms with van der Waals surface area (Å²) in [7, 11) is 0. The molecule has 0 bridgehead atoms. The molecular weight excluding hydrogens is 451 g/mol. The van der Waals surface area contributed by atoms with E-state index >= 15 is 0 Å². The van der Waals surface area contributed by atoms with Crippen molar-refractivity contribution >= 4 is 34.8 Å². The van der Waals surface area contributed by atoms with Gasteiger partial charge in [-0.05, 0) is 50.5 Å². The first-order valence-electron chi connectivity index (χ1n) is 10.8. The van der Waals surface area contributed by atoms with Crippen LogP contribution < -0.4 is 0 Å². The average molecular weight is 479 g/mol. The molecule has 3 aliphatic rings. The van der Waals surface area contributed by atoms with Crippen LogP contribution in [0.4, 0.5) is 0 Å². The molecule has 1 aliphatic heterocycles. The third kappa shape index (κ3) is 3.24. The van der Waals surface area contributed by atoms with Gasteiger partial charge in [0, 0.05) is 22.6 Å². The number of hydrogen-bond donors (Lipinski definition) is 2. The molecule has 0 spiro atoms. The van der Waals surface area contributed by atoms with Gasteiger partial charge in [0.25, 0.3) is 0 Å². The summed E-state index contributed by atoms with van der Waals surface area (Å²) in [6, 6.07) is 2.26. The van der Waals surface area contributed by atoms with Gasteiger partial charge in [-0.25, -0.2) is 0 Å². The number of aromatic hydroxyl groups is 2. The molecule has 1 saturated carbocycles. The first-order valence-corrected chi connectivity index (χ1v) is 11.6. The van der Waals surface area contributed by atoms with Crippen LogP contribution in [0.2, 0.25) is 0 Å². The lowest BCUT2D eigenvalue weighted by atomic mass is 9.59. The Labute approximate surface area is 198 Å². The van der Waals surface area contributed by atoms with Crippen molar-refractivity contribution in [2.75, 3.05) is 0 Å². The summed E-state index contributed by atoms with van der Waals surface area (Å²) >= 11 is 13.2. The Hall–Kier alpha value is -1.82. The predicted octanol–water partition coefficient (Wildman–Crippen LogP) is 5.55. The topological polar surface area (TPSA) is 83.8 Å². The van der Waals surface area contributed by atoms with Gasteiger partial charge in [0.1, 0.15) is 11.5 Å². The largest absolute Gasteiger partial charge is 0.508 e. The van der Waals surface area contributed by atoms with Gasteiger partial charge in [0.05, 0.1) is 16.5 Å². The zero-order valence-electron chi connectivity index (χ0n) is 18.7. The van der Waals surface area contributed by atoms with E-state index < -0.39 is 39.3 Å². The molecule has 4 atom stereocenters. The summed E-state index contributed by atoms with van der Waals surface area (Å²) in [4.78, 5) is 27.6. The summed E-state index contributed by atoms with van der Waals surface area (Å²) < 4.78 is 6.46. The molecule has 1 aromatic carbocycles. The molecule has 32 heavy (non-hydrogen) atoms. The Bertz CT molecular complexity index is 1070. The van der Waals surface area contributed by atoms with Gasteiger partial charge in [-0.1, -0.05) is 32.1 Å². The Kier molecular flexibility index (Phi) is 5.36. The second-order valence-corrected chi connectivity index (χ2v) is 11.3. The number of allylic oxidation sites excluding steroid dienone is 1. The van der Waals surface area contributed by atoms with Crippen LogP contribution in [0.1, 0.15) is 67.7 Å². The average Bonchev–Trinajstić information content (AvgIpc) is 2.68. The fourth-order valence-electron chi connectivity index (χ4n) is 5.39. The van der Waals surface area contributed by atoms with Crippen LogP contribution in [0.25, 0.3) is 0 Å². The summed E-state index contributed by atoms with van der Waals surface area (Å²) in [5, 5.41) is 19.6. The maximum Gasteiger partial charge on any atom is 0.200 e. The van der Waals surface area contributed by atoms with E-state index in [1.54, 1.807) is 19.9 Å². The highest BCUT2D eigenvalue weighted by atomic mass is 35.5. The maximum atomic E-state index is 14.0. The molecule has 4 rings (SSSR count). The van der Waals surface area contributed by atoms with Crippen molar-refractivity contribution < 1.29 is 24.5 Å². The second kappa shape index (κ2) is 7.34. The van der Waals surface area contributed by atoms with Gasteiger partial charge >= 0.3 is 0 Å². The predicted molar refractivity (Wildman–Crippen MR) is 124 cm³/mol. The molecule has 7 heteroatoms. The molecule has 2 unspecified atom stereocenters. The lowest BCUT2D eigenvalue weighted by molar-refractivity contribution is -0.116. The highest BCUT2D eigenvalue weighted by molar-refractivity contribution is 6.30. The normalized spacial score (nSPS) is 33.4. The molecule has 0 radical (unpaired) electrons. The molecule has 2 N–H and O–H groups in total. The van der Waals surface area contributed by atoms with E-state index in [0.717, 1.165) is 24.5 Å². The molecule has 1 aromatic rings. The molecule has 2 aliphatic carbocycles. The minimum Gasteiger partial charge on any atom is -0.508 e. The number of benzene rings is 1. The summed E-state index contributed by atoms with van der Waals surface area (Å²) in [5.41, 5.74) is -2.09. The van der Waals surface area contributed by atoms with E-state index in [9.17, 15) is 19.8 Å². The van der Waals surface area contributed by atoms with Gasteiger partial charge in [-0.2, -0.15) is 0 Å². The van der Waals surface area contributed by atoms with Crippen LogP contribution >= 0.6 is 23.2 Å². The van der Waals surface area contributed by atoms with E-state index in [-0.39, 0.29) is 40.2 Å². The van der Waals surface area contributed by atoms with Crippen LogP contribution in [-0.2, 0) is 4.74 Å². The van der Waals surface area contributed by atoms with Gasteiger partial charge in [0.15, 0.2) is 17.2 Å². The Morgan fingerprint density at radius 1 is 1.16 bits per heavy atom.